The molecule has 0 fully saturated rings. The molecule has 0 radical (unpaired) electrons. The van der Waals surface area contributed by atoms with Gasteiger partial charge in [-0.15, -0.1) is 0 Å². The van der Waals surface area contributed by atoms with E-state index in [2.05, 4.69) is 15.4 Å². The standard InChI is InChI=1S/C15H16Cl2N4OS/c1-18-21(2)14-9(8-19-15(20-14)23-3)7-12(22)13-10(16)5-4-6-11(13)17/h4-6,8,18H,7H2,1-3H3. The van der Waals surface area contributed by atoms with E-state index in [4.69, 9.17) is 23.2 Å². The van der Waals surface area contributed by atoms with E-state index in [0.717, 1.165) is 0 Å². The molecule has 0 saturated heterocycles. The Labute approximate surface area is 149 Å². The van der Waals surface area contributed by atoms with Crippen LogP contribution in [0.25, 0.3) is 0 Å². The Hall–Kier alpha value is -1.34. The number of thioether (sulfide) groups is 1. The second-order valence-electron chi connectivity index (χ2n) is 4.68. The molecule has 1 aromatic carbocycles. The highest BCUT2D eigenvalue weighted by Crippen LogP contribution is 2.27. The predicted octanol–water partition coefficient (Wildman–Crippen LogP) is 3.50. The van der Waals surface area contributed by atoms with E-state index in [1.807, 2.05) is 13.3 Å². The molecule has 0 saturated carbocycles. The molecule has 0 aliphatic heterocycles. The minimum absolute atomic E-state index is 0.111. The second kappa shape index (κ2) is 7.97. The summed E-state index contributed by atoms with van der Waals surface area (Å²) in [4.78, 5) is 21.3. The first-order chi connectivity index (χ1) is 11.0. The van der Waals surface area contributed by atoms with Crippen LogP contribution >= 0.6 is 35.0 Å². The monoisotopic (exact) mass is 370 g/mol. The molecule has 0 bridgehead atoms. The first kappa shape index (κ1) is 18.0. The van der Waals surface area contributed by atoms with Gasteiger partial charge in [0.05, 0.1) is 15.6 Å². The lowest BCUT2D eigenvalue weighted by atomic mass is 10.0. The van der Waals surface area contributed by atoms with Crippen molar-refractivity contribution in [3.05, 3.63) is 45.6 Å². The third-order valence-electron chi connectivity index (χ3n) is 3.25. The van der Waals surface area contributed by atoms with Crippen LogP contribution < -0.4 is 10.4 Å². The number of hydrazine groups is 1. The smallest absolute Gasteiger partial charge is 0.189 e. The molecule has 0 aliphatic rings. The number of aromatic nitrogens is 2. The van der Waals surface area contributed by atoms with Crippen molar-refractivity contribution in [2.45, 2.75) is 11.6 Å². The first-order valence-corrected chi connectivity index (χ1v) is 8.74. The second-order valence-corrected chi connectivity index (χ2v) is 6.27. The van der Waals surface area contributed by atoms with E-state index in [1.54, 1.807) is 36.5 Å². The van der Waals surface area contributed by atoms with Crippen molar-refractivity contribution in [1.29, 1.82) is 0 Å². The van der Waals surface area contributed by atoms with E-state index in [1.165, 1.54) is 11.8 Å². The number of rotatable bonds is 6. The number of hydrogen-bond acceptors (Lipinski definition) is 6. The van der Waals surface area contributed by atoms with Gasteiger partial charge in [-0.25, -0.2) is 15.4 Å². The molecule has 0 aliphatic carbocycles. The van der Waals surface area contributed by atoms with Crippen molar-refractivity contribution in [1.82, 2.24) is 15.4 Å². The maximum Gasteiger partial charge on any atom is 0.189 e. The summed E-state index contributed by atoms with van der Waals surface area (Å²) in [6.45, 7) is 0. The summed E-state index contributed by atoms with van der Waals surface area (Å²) in [5.74, 6) is 0.468. The zero-order chi connectivity index (χ0) is 17.0. The predicted molar refractivity (Wildman–Crippen MR) is 95.8 cm³/mol. The topological polar surface area (TPSA) is 58.1 Å². The van der Waals surface area contributed by atoms with Gasteiger partial charge in [0, 0.05) is 32.3 Å². The number of carbonyl (C=O) groups is 1. The van der Waals surface area contributed by atoms with Crippen LogP contribution in [0.15, 0.2) is 29.6 Å². The molecule has 23 heavy (non-hydrogen) atoms. The SMILES string of the molecule is CNN(C)c1nc(SC)ncc1CC(=O)c1c(Cl)cccc1Cl. The molecule has 0 spiro atoms. The zero-order valence-corrected chi connectivity index (χ0v) is 15.3. The Morgan fingerprint density at radius 1 is 1.35 bits per heavy atom. The Balaban J connectivity index is 2.37. The minimum atomic E-state index is -0.174. The summed E-state index contributed by atoms with van der Waals surface area (Å²) in [7, 11) is 3.60. The van der Waals surface area contributed by atoms with Crippen LogP contribution in [0.3, 0.4) is 0 Å². The largest absolute Gasteiger partial charge is 0.295 e. The van der Waals surface area contributed by atoms with E-state index in [9.17, 15) is 4.79 Å². The molecule has 1 aromatic heterocycles. The molecule has 8 heteroatoms. The Morgan fingerprint density at radius 2 is 2.00 bits per heavy atom. The number of carbonyl (C=O) groups excluding carboxylic acids is 1. The van der Waals surface area contributed by atoms with E-state index in [0.29, 0.717) is 32.1 Å². The molecule has 0 atom stereocenters. The van der Waals surface area contributed by atoms with Gasteiger partial charge in [0.2, 0.25) is 0 Å². The lowest BCUT2D eigenvalue weighted by Crippen LogP contribution is -2.32. The van der Waals surface area contributed by atoms with Crippen LogP contribution in [0.4, 0.5) is 5.82 Å². The van der Waals surface area contributed by atoms with Gasteiger partial charge < -0.3 is 0 Å². The van der Waals surface area contributed by atoms with E-state index in [-0.39, 0.29) is 12.2 Å². The zero-order valence-electron chi connectivity index (χ0n) is 12.9. The molecule has 2 aromatic rings. The number of Topliss-reactive ketones (excluding diaryl/α,β-unsaturated/α-hetero) is 1. The summed E-state index contributed by atoms with van der Waals surface area (Å²) in [5.41, 5.74) is 4.00. The maximum atomic E-state index is 12.6. The highest BCUT2D eigenvalue weighted by atomic mass is 35.5. The van der Waals surface area contributed by atoms with Gasteiger partial charge in [0.15, 0.2) is 16.8 Å². The molecule has 0 amide bonds. The molecule has 1 N–H and O–H groups in total. The van der Waals surface area contributed by atoms with Gasteiger partial charge in [-0.1, -0.05) is 41.0 Å². The summed E-state index contributed by atoms with van der Waals surface area (Å²) in [6, 6.07) is 5.00. The maximum absolute atomic E-state index is 12.6. The van der Waals surface area contributed by atoms with Crippen molar-refractivity contribution >= 4 is 46.6 Å². The van der Waals surface area contributed by atoms with Gasteiger partial charge in [-0.05, 0) is 18.4 Å². The fraction of sp³-hybridized carbons (Fsp3) is 0.267. The molecular weight excluding hydrogens is 355 g/mol. The number of benzene rings is 1. The summed E-state index contributed by atoms with van der Waals surface area (Å²) < 4.78 is 0. The summed E-state index contributed by atoms with van der Waals surface area (Å²) >= 11 is 13.6. The average molecular weight is 371 g/mol. The fourth-order valence-corrected chi connectivity index (χ4v) is 2.97. The van der Waals surface area contributed by atoms with Crippen molar-refractivity contribution in [3.63, 3.8) is 0 Å². The number of anilines is 1. The van der Waals surface area contributed by atoms with Crippen LogP contribution in [0.1, 0.15) is 15.9 Å². The Morgan fingerprint density at radius 3 is 2.57 bits per heavy atom. The molecule has 2 rings (SSSR count). The third-order valence-corrected chi connectivity index (χ3v) is 4.44. The highest BCUT2D eigenvalue weighted by molar-refractivity contribution is 7.98. The van der Waals surface area contributed by atoms with Crippen molar-refractivity contribution in [3.8, 4) is 0 Å². The average Bonchev–Trinajstić information content (AvgIpc) is 2.54. The van der Waals surface area contributed by atoms with Crippen molar-refractivity contribution in [2.75, 3.05) is 25.4 Å². The molecule has 0 unspecified atom stereocenters. The van der Waals surface area contributed by atoms with Gasteiger partial charge in [0.1, 0.15) is 0 Å². The van der Waals surface area contributed by atoms with Crippen molar-refractivity contribution in [2.24, 2.45) is 0 Å². The van der Waals surface area contributed by atoms with E-state index >= 15 is 0 Å². The third kappa shape index (κ3) is 4.14. The molecule has 1 heterocycles. The molecule has 122 valence electrons. The summed E-state index contributed by atoms with van der Waals surface area (Å²) in [5, 5.41) is 3.05. The molecule has 5 nitrogen and oxygen atoms in total. The number of nitrogens with one attached hydrogen (secondary N) is 1. The van der Waals surface area contributed by atoms with Gasteiger partial charge in [-0.3, -0.25) is 9.80 Å². The van der Waals surface area contributed by atoms with Crippen LogP contribution in [0.2, 0.25) is 10.0 Å². The molecular formula is C15H16Cl2N4OS. The number of halogens is 2. The summed E-state index contributed by atoms with van der Waals surface area (Å²) in [6.07, 6.45) is 3.66. The van der Waals surface area contributed by atoms with Gasteiger partial charge >= 0.3 is 0 Å². The minimum Gasteiger partial charge on any atom is -0.295 e. The first-order valence-electron chi connectivity index (χ1n) is 6.76. The van der Waals surface area contributed by atoms with Crippen molar-refractivity contribution < 1.29 is 4.79 Å². The van der Waals surface area contributed by atoms with Gasteiger partial charge in [-0.2, -0.15) is 0 Å². The lowest BCUT2D eigenvalue weighted by molar-refractivity contribution is 0.0993. The van der Waals surface area contributed by atoms with E-state index < -0.39 is 0 Å². The fourth-order valence-electron chi connectivity index (χ4n) is 2.03. The van der Waals surface area contributed by atoms with Crippen LogP contribution in [-0.2, 0) is 6.42 Å². The van der Waals surface area contributed by atoms with Crippen LogP contribution in [0, 0.1) is 0 Å². The Kier molecular flexibility index (Phi) is 6.24. The number of ketones is 1. The quantitative estimate of drug-likeness (QED) is 0.363. The normalized spacial score (nSPS) is 10.7. The lowest BCUT2D eigenvalue weighted by Gasteiger charge is -2.20. The Bertz CT molecular complexity index is 706. The van der Waals surface area contributed by atoms with Crippen LogP contribution in [0.5, 0.6) is 0 Å². The van der Waals surface area contributed by atoms with Crippen LogP contribution in [-0.4, -0.2) is 36.1 Å². The number of hydrogen-bond donors (Lipinski definition) is 1. The highest BCUT2D eigenvalue weighted by Gasteiger charge is 2.19. The van der Waals surface area contributed by atoms with Gasteiger partial charge in [0.25, 0.3) is 0 Å². The number of nitrogens with zero attached hydrogens (tertiary/aromatic N) is 3.